The lowest BCUT2D eigenvalue weighted by molar-refractivity contribution is 1.36. The van der Waals surface area contributed by atoms with Gasteiger partial charge in [0, 0.05) is 0 Å². The molecule has 62 valence electrons. The number of allylic oxidation sites excluding steroid dienone is 4. The Morgan fingerprint density at radius 1 is 0.900 bits per heavy atom. The molecule has 0 heteroatoms. The van der Waals surface area contributed by atoms with Crippen LogP contribution in [0.15, 0.2) is 23.8 Å². The van der Waals surface area contributed by atoms with E-state index in [-0.39, 0.29) is 7.43 Å². The molecule has 0 aliphatic carbocycles. The highest BCUT2D eigenvalue weighted by Gasteiger charge is 1.60. The summed E-state index contributed by atoms with van der Waals surface area (Å²) in [5.41, 5.74) is 1.38. The van der Waals surface area contributed by atoms with Crippen LogP contribution in [0, 0.1) is 0 Å². The van der Waals surface area contributed by atoms with E-state index in [1.807, 2.05) is 32.9 Å². The number of hydrogen-bond acceptors (Lipinski definition) is 0. The van der Waals surface area contributed by atoms with Crippen molar-refractivity contribution >= 4 is 0 Å². The first-order valence-electron chi connectivity index (χ1n) is 3.35. The number of rotatable bonds is 0. The molecule has 0 saturated heterocycles. The van der Waals surface area contributed by atoms with Crippen LogP contribution in [0.1, 0.15) is 42.0 Å². The summed E-state index contributed by atoms with van der Waals surface area (Å²) in [5, 5.41) is 0. The summed E-state index contributed by atoms with van der Waals surface area (Å²) in [6.45, 7) is 10.2. The fraction of sp³-hybridized carbons (Fsp3) is 0.600. The molecule has 0 aromatic heterocycles. The van der Waals surface area contributed by atoms with Gasteiger partial charge in [0.05, 0.1) is 0 Å². The zero-order valence-corrected chi connectivity index (χ0v) is 7.23. The van der Waals surface area contributed by atoms with Gasteiger partial charge in [0.15, 0.2) is 0 Å². The highest BCUT2D eigenvalue weighted by molar-refractivity contribution is 4.88. The Kier molecular flexibility index (Phi) is 25.7. The molecule has 0 nitrogen and oxygen atoms in total. The quantitative estimate of drug-likeness (QED) is 0.445. The lowest BCUT2D eigenvalue weighted by Crippen LogP contribution is -1.52. The predicted octanol–water partition coefficient (Wildman–Crippen LogP) is 4.19. The minimum Gasteiger partial charge on any atom is -0.0919 e. The summed E-state index contributed by atoms with van der Waals surface area (Å²) in [7, 11) is 0. The van der Waals surface area contributed by atoms with Crippen LogP contribution in [0.2, 0.25) is 0 Å². The van der Waals surface area contributed by atoms with Crippen molar-refractivity contribution in [2.75, 3.05) is 0 Å². The highest BCUT2D eigenvalue weighted by Crippen LogP contribution is 1.82. The van der Waals surface area contributed by atoms with Crippen LogP contribution in [0.25, 0.3) is 0 Å². The zero-order valence-electron chi connectivity index (χ0n) is 7.23. The third-order valence-electron chi connectivity index (χ3n) is 0.911. The van der Waals surface area contributed by atoms with E-state index in [4.69, 9.17) is 0 Å². The Balaban J connectivity index is -0.0000000910. The van der Waals surface area contributed by atoms with E-state index < -0.39 is 0 Å². The van der Waals surface area contributed by atoms with Crippen LogP contribution < -0.4 is 0 Å². The van der Waals surface area contributed by atoms with Crippen LogP contribution >= 0.6 is 0 Å². The van der Waals surface area contributed by atoms with E-state index in [0.29, 0.717) is 0 Å². The fourth-order valence-corrected chi connectivity index (χ4v) is 0. The van der Waals surface area contributed by atoms with Crippen molar-refractivity contribution in [1.29, 1.82) is 0 Å². The summed E-state index contributed by atoms with van der Waals surface area (Å²) < 4.78 is 0. The SMILES string of the molecule is C.C/C=C/C.CC=C(C)C. The van der Waals surface area contributed by atoms with Crippen molar-refractivity contribution in [1.82, 2.24) is 0 Å². The third kappa shape index (κ3) is 51.1. The first-order valence-corrected chi connectivity index (χ1v) is 3.35. The summed E-state index contributed by atoms with van der Waals surface area (Å²) in [6, 6.07) is 0. The summed E-state index contributed by atoms with van der Waals surface area (Å²) in [5.74, 6) is 0. The largest absolute Gasteiger partial charge is 0.0919 e. The topological polar surface area (TPSA) is 0 Å². The van der Waals surface area contributed by atoms with Gasteiger partial charge < -0.3 is 0 Å². The molecule has 0 heterocycles. The van der Waals surface area contributed by atoms with Crippen molar-refractivity contribution in [3.05, 3.63) is 23.8 Å². The van der Waals surface area contributed by atoms with Crippen LogP contribution in [0.5, 0.6) is 0 Å². The van der Waals surface area contributed by atoms with Gasteiger partial charge in [0.2, 0.25) is 0 Å². The van der Waals surface area contributed by atoms with Crippen LogP contribution in [-0.2, 0) is 0 Å². The van der Waals surface area contributed by atoms with Gasteiger partial charge in [0.1, 0.15) is 0 Å². The van der Waals surface area contributed by atoms with Crippen LogP contribution in [0.4, 0.5) is 0 Å². The summed E-state index contributed by atoms with van der Waals surface area (Å²) >= 11 is 0. The minimum absolute atomic E-state index is 0. The Hall–Kier alpha value is -0.520. The molecule has 0 N–H and O–H groups in total. The first-order chi connectivity index (χ1) is 4.18. The van der Waals surface area contributed by atoms with Crippen molar-refractivity contribution in [3.8, 4) is 0 Å². The van der Waals surface area contributed by atoms with Crippen molar-refractivity contribution in [2.24, 2.45) is 0 Å². The molecule has 10 heavy (non-hydrogen) atoms. The Labute approximate surface area is 66.7 Å². The molecule has 0 spiro atoms. The number of hydrogen-bond donors (Lipinski definition) is 0. The normalized spacial score (nSPS) is 7.30. The first kappa shape index (κ1) is 16.2. The van der Waals surface area contributed by atoms with Crippen molar-refractivity contribution < 1.29 is 0 Å². The van der Waals surface area contributed by atoms with Gasteiger partial charge in [-0.05, 0) is 34.6 Å². The second-order valence-corrected chi connectivity index (χ2v) is 2.03. The van der Waals surface area contributed by atoms with Crippen molar-refractivity contribution in [2.45, 2.75) is 42.0 Å². The molecular formula is C10H22. The van der Waals surface area contributed by atoms with Gasteiger partial charge in [-0.1, -0.05) is 31.2 Å². The molecular weight excluding hydrogens is 120 g/mol. The van der Waals surface area contributed by atoms with Crippen LogP contribution in [-0.4, -0.2) is 0 Å². The van der Waals surface area contributed by atoms with Gasteiger partial charge in [-0.3, -0.25) is 0 Å². The fourth-order valence-electron chi connectivity index (χ4n) is 0. The second kappa shape index (κ2) is 15.8. The third-order valence-corrected chi connectivity index (χ3v) is 0.911. The smallest absolute Gasteiger partial charge is 0.0442 e. The molecule has 0 amide bonds. The maximum absolute atomic E-state index is 2.08. The molecule has 0 aromatic rings. The molecule has 0 radical (unpaired) electrons. The lowest BCUT2D eigenvalue weighted by Gasteiger charge is -1.74. The minimum atomic E-state index is 0. The monoisotopic (exact) mass is 142 g/mol. The molecule has 0 rings (SSSR count). The summed E-state index contributed by atoms with van der Waals surface area (Å²) in [4.78, 5) is 0. The molecule has 0 aliphatic rings. The van der Waals surface area contributed by atoms with Gasteiger partial charge in [-0.2, -0.15) is 0 Å². The standard InChI is InChI=1S/C5H10.C4H8.CH4/c1-4-5(2)3;1-3-4-2;/h4H,1-3H3;3-4H,1-2H3;1H4/b;4-3+;. The van der Waals surface area contributed by atoms with E-state index in [2.05, 4.69) is 19.9 Å². The molecule has 0 atom stereocenters. The summed E-state index contributed by atoms with van der Waals surface area (Å²) in [6.07, 6.45) is 6.08. The maximum Gasteiger partial charge on any atom is -0.0442 e. The van der Waals surface area contributed by atoms with E-state index in [0.717, 1.165) is 0 Å². The molecule has 0 unspecified atom stereocenters. The molecule has 0 bridgehead atoms. The molecule has 0 aromatic carbocycles. The predicted molar refractivity (Wildman–Crippen MR) is 52.3 cm³/mol. The van der Waals surface area contributed by atoms with Crippen molar-refractivity contribution in [3.63, 3.8) is 0 Å². The zero-order chi connectivity index (χ0) is 7.70. The van der Waals surface area contributed by atoms with E-state index in [1.54, 1.807) is 0 Å². The molecule has 0 fully saturated rings. The van der Waals surface area contributed by atoms with Gasteiger partial charge in [-0.25, -0.2) is 0 Å². The van der Waals surface area contributed by atoms with Gasteiger partial charge in [-0.15, -0.1) is 0 Å². The van der Waals surface area contributed by atoms with Crippen LogP contribution in [0.3, 0.4) is 0 Å². The average molecular weight is 142 g/mol. The Morgan fingerprint density at radius 2 is 1.10 bits per heavy atom. The highest BCUT2D eigenvalue weighted by atomic mass is 13.7. The van der Waals surface area contributed by atoms with Gasteiger partial charge in [0.25, 0.3) is 0 Å². The Morgan fingerprint density at radius 3 is 1.10 bits per heavy atom. The van der Waals surface area contributed by atoms with Gasteiger partial charge >= 0.3 is 0 Å². The Bertz CT molecular complexity index is 78.2. The molecule has 0 saturated carbocycles. The van der Waals surface area contributed by atoms with E-state index in [9.17, 15) is 0 Å². The second-order valence-electron chi connectivity index (χ2n) is 2.03. The lowest BCUT2D eigenvalue weighted by atomic mass is 10.3. The van der Waals surface area contributed by atoms with E-state index in [1.165, 1.54) is 5.57 Å². The maximum atomic E-state index is 2.08. The molecule has 0 aliphatic heterocycles. The van der Waals surface area contributed by atoms with E-state index >= 15 is 0 Å². The average Bonchev–Trinajstić information content (AvgIpc) is 1.89.